The number of para-hydroxylation sites is 2. The number of fused-ring (bicyclic) bond motifs is 2. The quantitative estimate of drug-likeness (QED) is 0.226. The molecule has 2 aliphatic heterocycles. The SMILES string of the molecule is O=C(O)C1CCN(S(=O)(=O)c2ccccc2-c2c3ccc(=[NH+]c4ccccc4)cc-3oc3cc(Nc4ccccc4)ccc23)CC1.[Cl-]. The van der Waals surface area contributed by atoms with Crippen LogP contribution in [0.1, 0.15) is 12.8 Å². The number of carbonyl (C=O) groups is 1. The van der Waals surface area contributed by atoms with Gasteiger partial charge in [-0.15, -0.1) is 0 Å². The molecule has 0 radical (unpaired) electrons. The first-order valence-corrected chi connectivity index (χ1v) is 16.6. The van der Waals surface area contributed by atoms with Crippen LogP contribution in [0.5, 0.6) is 0 Å². The fraction of sp³-hybridized carbons (Fsp3) is 0.135. The van der Waals surface area contributed by atoms with E-state index in [0.29, 0.717) is 16.9 Å². The highest BCUT2D eigenvalue weighted by atomic mass is 35.5. The van der Waals surface area contributed by atoms with E-state index in [0.717, 1.165) is 38.9 Å². The molecule has 4 aromatic carbocycles. The molecular weight excluding hydrogens is 634 g/mol. The predicted molar refractivity (Wildman–Crippen MR) is 177 cm³/mol. The van der Waals surface area contributed by atoms with Crippen molar-refractivity contribution in [2.24, 2.45) is 5.92 Å². The summed E-state index contributed by atoms with van der Waals surface area (Å²) in [5, 5.41) is 14.5. The molecule has 1 aliphatic carbocycles. The summed E-state index contributed by atoms with van der Waals surface area (Å²) in [6.07, 6.45) is 0.558. The minimum absolute atomic E-state index is 0. The number of aliphatic carboxylic acids is 1. The number of hydrogen-bond donors (Lipinski definition) is 3. The van der Waals surface area contributed by atoms with E-state index in [2.05, 4.69) is 10.3 Å². The second kappa shape index (κ2) is 13.4. The van der Waals surface area contributed by atoms with Gasteiger partial charge in [-0.3, -0.25) is 4.79 Å². The molecule has 1 saturated heterocycles. The Kier molecular flexibility index (Phi) is 9.13. The Bertz CT molecular complexity index is 2200. The zero-order valence-corrected chi connectivity index (χ0v) is 26.8. The smallest absolute Gasteiger partial charge is 0.306 e. The van der Waals surface area contributed by atoms with Crippen molar-refractivity contribution in [1.29, 1.82) is 0 Å². The molecule has 2 heterocycles. The molecule has 4 aromatic rings. The van der Waals surface area contributed by atoms with Crippen molar-refractivity contribution in [2.45, 2.75) is 17.7 Å². The van der Waals surface area contributed by atoms with E-state index in [1.807, 2.05) is 109 Å². The lowest BCUT2D eigenvalue weighted by molar-refractivity contribution is -0.402. The van der Waals surface area contributed by atoms with Crippen molar-refractivity contribution in [3.63, 3.8) is 0 Å². The van der Waals surface area contributed by atoms with E-state index in [4.69, 9.17) is 4.42 Å². The lowest BCUT2D eigenvalue weighted by Gasteiger charge is -2.30. The molecule has 238 valence electrons. The first kappa shape index (κ1) is 32.0. The fourth-order valence-corrected chi connectivity index (χ4v) is 7.76. The van der Waals surface area contributed by atoms with Crippen LogP contribution in [0, 0.1) is 5.92 Å². The topological polar surface area (TPSA) is 114 Å². The summed E-state index contributed by atoms with van der Waals surface area (Å²) in [5.74, 6) is -0.830. The number of halogens is 1. The third-order valence-corrected chi connectivity index (χ3v) is 10.4. The molecule has 0 spiro atoms. The Morgan fingerprint density at radius 1 is 0.787 bits per heavy atom. The molecule has 3 aliphatic rings. The van der Waals surface area contributed by atoms with Gasteiger partial charge in [0.15, 0.2) is 0 Å². The molecule has 0 amide bonds. The largest absolute Gasteiger partial charge is 1.00 e. The van der Waals surface area contributed by atoms with Gasteiger partial charge < -0.3 is 27.2 Å². The molecule has 3 N–H and O–H groups in total. The van der Waals surface area contributed by atoms with Crippen molar-refractivity contribution in [3.8, 4) is 22.5 Å². The second-order valence-corrected chi connectivity index (χ2v) is 13.3. The van der Waals surface area contributed by atoms with Gasteiger partial charge in [0.25, 0.3) is 0 Å². The number of sulfonamides is 1. The highest BCUT2D eigenvalue weighted by molar-refractivity contribution is 7.89. The highest BCUT2D eigenvalue weighted by Crippen LogP contribution is 2.43. The maximum Gasteiger partial charge on any atom is 0.306 e. The number of rotatable bonds is 7. The van der Waals surface area contributed by atoms with Gasteiger partial charge in [0.05, 0.1) is 16.9 Å². The van der Waals surface area contributed by atoms with Gasteiger partial charge in [0, 0.05) is 70.8 Å². The average Bonchev–Trinajstić information content (AvgIpc) is 3.08. The Morgan fingerprint density at radius 2 is 1.47 bits per heavy atom. The number of nitrogens with one attached hydrogen (secondary N) is 2. The minimum Gasteiger partial charge on any atom is -1.00 e. The molecule has 0 saturated carbocycles. The van der Waals surface area contributed by atoms with Gasteiger partial charge in [-0.05, 0) is 49.2 Å². The molecule has 0 bridgehead atoms. The fourth-order valence-electron chi connectivity index (χ4n) is 6.09. The minimum atomic E-state index is -3.94. The van der Waals surface area contributed by atoms with Crippen LogP contribution < -0.4 is 28.1 Å². The normalized spacial score (nSPS) is 14.6. The molecule has 0 aromatic heterocycles. The standard InChI is InChI=1S/C37H31N3O5S.ClH/c41-37(42)25-19-21-40(22-20-25)46(43,44)35-14-8-7-13-32(35)36-30-17-15-28(38-26-9-3-1-4-10-26)23-33(30)45-34-24-29(16-18-31(34)36)39-27-11-5-2-6-12-27;/h1-18,23-25,38H,19-22H2,(H,41,42);1H. The molecule has 7 rings (SSSR count). The first-order valence-electron chi connectivity index (χ1n) is 15.2. The van der Waals surface area contributed by atoms with Gasteiger partial charge >= 0.3 is 5.97 Å². The number of carboxylic acid groups (broad SMARTS) is 1. The number of carboxylic acids is 1. The van der Waals surface area contributed by atoms with Crippen LogP contribution in [0.4, 0.5) is 17.1 Å². The van der Waals surface area contributed by atoms with Crippen LogP contribution in [0.15, 0.2) is 131 Å². The van der Waals surface area contributed by atoms with Crippen LogP contribution in [0.25, 0.3) is 33.4 Å². The summed E-state index contributed by atoms with van der Waals surface area (Å²) < 4.78 is 36.3. The van der Waals surface area contributed by atoms with Gasteiger partial charge in [-0.25, -0.2) is 13.4 Å². The molecule has 10 heteroatoms. The number of hydrogen-bond acceptors (Lipinski definition) is 5. The number of anilines is 2. The third-order valence-electron chi connectivity index (χ3n) is 8.42. The Balaban J connectivity index is 0.00000386. The van der Waals surface area contributed by atoms with Crippen molar-refractivity contribution in [3.05, 3.63) is 127 Å². The number of piperidine rings is 1. The monoisotopic (exact) mass is 665 g/mol. The lowest BCUT2D eigenvalue weighted by Crippen LogP contribution is -3.00. The summed E-state index contributed by atoms with van der Waals surface area (Å²) >= 11 is 0. The Labute approximate surface area is 278 Å². The van der Waals surface area contributed by atoms with E-state index < -0.39 is 21.9 Å². The van der Waals surface area contributed by atoms with Crippen molar-refractivity contribution >= 4 is 44.0 Å². The molecular formula is C37H32ClN3O5S. The van der Waals surface area contributed by atoms with E-state index in [-0.39, 0.29) is 43.2 Å². The van der Waals surface area contributed by atoms with Crippen molar-refractivity contribution in [1.82, 2.24) is 4.31 Å². The van der Waals surface area contributed by atoms with Gasteiger partial charge in [0.1, 0.15) is 11.3 Å². The second-order valence-electron chi connectivity index (χ2n) is 11.4. The maximum absolute atomic E-state index is 14.2. The molecule has 8 nitrogen and oxygen atoms in total. The Hall–Kier alpha value is -4.96. The number of benzene rings is 5. The van der Waals surface area contributed by atoms with Crippen LogP contribution in [-0.2, 0) is 14.8 Å². The summed E-state index contributed by atoms with van der Waals surface area (Å²) in [6, 6.07) is 38.4. The van der Waals surface area contributed by atoms with Crippen LogP contribution in [-0.4, -0.2) is 36.9 Å². The van der Waals surface area contributed by atoms with Crippen molar-refractivity contribution < 1.29 is 40.1 Å². The maximum atomic E-state index is 14.2. The van der Waals surface area contributed by atoms with Gasteiger partial charge in [-0.1, -0.05) is 54.6 Å². The molecule has 0 unspecified atom stereocenters. The highest BCUT2D eigenvalue weighted by Gasteiger charge is 2.34. The zero-order valence-electron chi connectivity index (χ0n) is 25.3. The molecule has 1 fully saturated rings. The van der Waals surface area contributed by atoms with Gasteiger partial charge in [-0.2, -0.15) is 4.31 Å². The van der Waals surface area contributed by atoms with E-state index in [1.54, 1.807) is 12.1 Å². The third kappa shape index (κ3) is 6.51. The lowest BCUT2D eigenvalue weighted by atomic mass is 9.93. The summed E-state index contributed by atoms with van der Waals surface area (Å²) in [4.78, 5) is 15.1. The van der Waals surface area contributed by atoms with Crippen LogP contribution in [0.2, 0.25) is 0 Å². The van der Waals surface area contributed by atoms with Crippen molar-refractivity contribution in [2.75, 3.05) is 18.4 Å². The average molecular weight is 666 g/mol. The Morgan fingerprint density at radius 3 is 2.19 bits per heavy atom. The van der Waals surface area contributed by atoms with Crippen LogP contribution >= 0.6 is 0 Å². The first-order chi connectivity index (χ1) is 22.4. The number of nitrogens with zero attached hydrogens (tertiary/aromatic N) is 1. The van der Waals surface area contributed by atoms with Crippen LogP contribution in [0.3, 0.4) is 0 Å². The van der Waals surface area contributed by atoms with E-state index in [9.17, 15) is 18.3 Å². The molecule has 47 heavy (non-hydrogen) atoms. The summed E-state index contributed by atoms with van der Waals surface area (Å²) in [7, 11) is -3.94. The molecule has 0 atom stereocenters. The summed E-state index contributed by atoms with van der Waals surface area (Å²) in [5.41, 5.74) is 5.35. The van der Waals surface area contributed by atoms with Gasteiger partial charge in [0.2, 0.25) is 21.1 Å². The summed E-state index contributed by atoms with van der Waals surface area (Å²) in [6.45, 7) is 0.310. The zero-order chi connectivity index (χ0) is 31.7. The predicted octanol–water partition coefficient (Wildman–Crippen LogP) is 2.75. The van der Waals surface area contributed by atoms with E-state index >= 15 is 0 Å². The van der Waals surface area contributed by atoms with E-state index in [1.165, 1.54) is 4.31 Å².